The average Bonchev–Trinajstić information content (AvgIpc) is 2.58. The summed E-state index contributed by atoms with van der Waals surface area (Å²) in [5.41, 5.74) is 2.07. The number of hydrogen-bond acceptors (Lipinski definition) is 3. The fraction of sp³-hybridized carbons (Fsp3) is 0.278. The number of carbonyl (C=O) groups is 1. The predicted molar refractivity (Wildman–Crippen MR) is 96.2 cm³/mol. The Kier molecular flexibility index (Phi) is 8.16. The second kappa shape index (κ2) is 9.87. The summed E-state index contributed by atoms with van der Waals surface area (Å²) >= 11 is 0. The smallest absolute Gasteiger partial charge is 0.260 e. The first-order chi connectivity index (χ1) is 10.7. The molecule has 0 fully saturated rings. The van der Waals surface area contributed by atoms with Crippen LogP contribution in [-0.4, -0.2) is 44.6 Å². The fourth-order valence-corrected chi connectivity index (χ4v) is 2.10. The minimum absolute atomic E-state index is 0. The van der Waals surface area contributed by atoms with Crippen molar-refractivity contribution in [3.63, 3.8) is 0 Å². The zero-order valence-corrected chi connectivity index (χ0v) is 14.3. The minimum atomic E-state index is -0.0295. The third kappa shape index (κ3) is 5.58. The van der Waals surface area contributed by atoms with E-state index in [0.717, 1.165) is 23.4 Å². The monoisotopic (exact) mass is 334 g/mol. The molecular weight excluding hydrogens is 312 g/mol. The molecule has 0 aliphatic heterocycles. The highest BCUT2D eigenvalue weighted by Gasteiger charge is 2.11. The van der Waals surface area contributed by atoms with Crippen molar-refractivity contribution in [1.29, 1.82) is 0 Å². The van der Waals surface area contributed by atoms with Gasteiger partial charge in [0.05, 0.1) is 0 Å². The van der Waals surface area contributed by atoms with Crippen LogP contribution in [0.4, 0.5) is 0 Å². The van der Waals surface area contributed by atoms with E-state index >= 15 is 0 Å². The third-order valence-corrected chi connectivity index (χ3v) is 3.45. The van der Waals surface area contributed by atoms with Crippen molar-refractivity contribution in [2.45, 2.75) is 0 Å². The summed E-state index contributed by atoms with van der Waals surface area (Å²) in [6.45, 7) is 1.48. The van der Waals surface area contributed by atoms with Gasteiger partial charge < -0.3 is 15.0 Å². The zero-order chi connectivity index (χ0) is 15.8. The first kappa shape index (κ1) is 19.0. The molecule has 23 heavy (non-hydrogen) atoms. The first-order valence-corrected chi connectivity index (χ1v) is 7.38. The Labute approximate surface area is 143 Å². The van der Waals surface area contributed by atoms with Crippen molar-refractivity contribution >= 4 is 18.3 Å². The number of likely N-dealkylation sites (N-methyl/N-ethyl adjacent to an activating group) is 2. The van der Waals surface area contributed by atoms with E-state index in [1.807, 2.05) is 61.6 Å². The molecule has 0 bridgehead atoms. The van der Waals surface area contributed by atoms with Gasteiger partial charge >= 0.3 is 0 Å². The molecule has 2 aromatic carbocycles. The van der Waals surface area contributed by atoms with E-state index < -0.39 is 0 Å². The van der Waals surface area contributed by atoms with Crippen molar-refractivity contribution in [2.75, 3.05) is 33.8 Å². The van der Waals surface area contributed by atoms with Crippen LogP contribution in [0.2, 0.25) is 0 Å². The van der Waals surface area contributed by atoms with Gasteiger partial charge in [0.25, 0.3) is 5.91 Å². The quantitative estimate of drug-likeness (QED) is 0.846. The van der Waals surface area contributed by atoms with Crippen LogP contribution in [0.3, 0.4) is 0 Å². The molecule has 0 aliphatic rings. The maximum absolute atomic E-state index is 12.0. The van der Waals surface area contributed by atoms with Gasteiger partial charge in [-0.3, -0.25) is 4.79 Å². The third-order valence-electron chi connectivity index (χ3n) is 3.45. The lowest BCUT2D eigenvalue weighted by Gasteiger charge is -2.18. The van der Waals surface area contributed by atoms with Crippen LogP contribution in [0.25, 0.3) is 11.1 Å². The summed E-state index contributed by atoms with van der Waals surface area (Å²) in [7, 11) is 3.65. The second-order valence-corrected chi connectivity index (χ2v) is 5.07. The number of rotatable bonds is 7. The van der Waals surface area contributed by atoms with Crippen LogP contribution in [0.5, 0.6) is 5.75 Å². The number of nitrogens with one attached hydrogen (secondary N) is 1. The van der Waals surface area contributed by atoms with Gasteiger partial charge in [0.2, 0.25) is 0 Å². The Morgan fingerprint density at radius 3 is 2.43 bits per heavy atom. The van der Waals surface area contributed by atoms with Crippen molar-refractivity contribution in [3.8, 4) is 16.9 Å². The van der Waals surface area contributed by atoms with Gasteiger partial charge in [-0.05, 0) is 18.7 Å². The van der Waals surface area contributed by atoms with E-state index in [1.54, 1.807) is 11.9 Å². The molecule has 1 amide bonds. The second-order valence-electron chi connectivity index (χ2n) is 5.07. The normalized spacial score (nSPS) is 9.83. The van der Waals surface area contributed by atoms with Crippen LogP contribution in [-0.2, 0) is 4.79 Å². The predicted octanol–water partition coefficient (Wildman–Crippen LogP) is 2.83. The Morgan fingerprint density at radius 1 is 1.09 bits per heavy atom. The number of benzene rings is 2. The van der Waals surface area contributed by atoms with Crippen molar-refractivity contribution < 1.29 is 9.53 Å². The van der Waals surface area contributed by atoms with Gasteiger partial charge in [-0.2, -0.15) is 0 Å². The Bertz CT molecular complexity index is 605. The van der Waals surface area contributed by atoms with Gasteiger partial charge in [-0.25, -0.2) is 0 Å². The van der Waals surface area contributed by atoms with Crippen LogP contribution in [0.15, 0.2) is 54.6 Å². The summed E-state index contributed by atoms with van der Waals surface area (Å²) in [5, 5.41) is 3.02. The van der Waals surface area contributed by atoms with E-state index in [0.29, 0.717) is 6.54 Å². The molecule has 0 saturated heterocycles. The highest BCUT2D eigenvalue weighted by molar-refractivity contribution is 5.85. The summed E-state index contributed by atoms with van der Waals surface area (Å²) in [6, 6.07) is 17.8. The summed E-state index contributed by atoms with van der Waals surface area (Å²) in [4.78, 5) is 13.7. The van der Waals surface area contributed by atoms with Gasteiger partial charge in [0.1, 0.15) is 5.75 Å². The standard InChI is InChI=1S/C18H22N2O2.ClH/c1-19-12-13-20(2)18(21)14-22-17-11-7-6-10-16(17)15-8-4-3-5-9-15;/h3-11,19H,12-14H2,1-2H3;1H. The fourth-order valence-electron chi connectivity index (χ4n) is 2.10. The molecule has 0 aromatic heterocycles. The average molecular weight is 335 g/mol. The zero-order valence-electron chi connectivity index (χ0n) is 13.5. The van der Waals surface area contributed by atoms with Crippen LogP contribution in [0, 0.1) is 0 Å². The molecule has 2 rings (SSSR count). The number of nitrogens with zero attached hydrogens (tertiary/aromatic N) is 1. The highest BCUT2D eigenvalue weighted by Crippen LogP contribution is 2.29. The number of ether oxygens (including phenoxy) is 1. The van der Waals surface area contributed by atoms with Gasteiger partial charge in [-0.15, -0.1) is 12.4 Å². The molecule has 5 heteroatoms. The molecule has 0 atom stereocenters. The van der Waals surface area contributed by atoms with Gasteiger partial charge in [0.15, 0.2) is 6.61 Å². The Balaban J connectivity index is 0.00000264. The molecule has 0 saturated carbocycles. The molecule has 1 N–H and O–H groups in total. The number of amides is 1. The lowest BCUT2D eigenvalue weighted by molar-refractivity contribution is -0.131. The number of carbonyl (C=O) groups excluding carboxylic acids is 1. The van der Waals surface area contributed by atoms with Crippen molar-refractivity contribution in [3.05, 3.63) is 54.6 Å². The molecule has 0 heterocycles. The van der Waals surface area contributed by atoms with E-state index in [4.69, 9.17) is 4.74 Å². The van der Waals surface area contributed by atoms with Crippen LogP contribution < -0.4 is 10.1 Å². The first-order valence-electron chi connectivity index (χ1n) is 7.38. The number of halogens is 1. The van der Waals surface area contributed by atoms with Gasteiger partial charge in [0, 0.05) is 25.7 Å². The molecule has 0 unspecified atom stereocenters. The van der Waals surface area contributed by atoms with E-state index in [1.165, 1.54) is 0 Å². The summed E-state index contributed by atoms with van der Waals surface area (Å²) in [6.07, 6.45) is 0. The molecule has 4 nitrogen and oxygen atoms in total. The number of para-hydroxylation sites is 1. The van der Waals surface area contributed by atoms with Crippen molar-refractivity contribution in [2.24, 2.45) is 0 Å². The lowest BCUT2D eigenvalue weighted by atomic mass is 10.1. The Hall–Kier alpha value is -2.04. The maximum Gasteiger partial charge on any atom is 0.260 e. The van der Waals surface area contributed by atoms with Crippen molar-refractivity contribution in [1.82, 2.24) is 10.2 Å². The maximum atomic E-state index is 12.0. The lowest BCUT2D eigenvalue weighted by Crippen LogP contribution is -2.35. The molecule has 124 valence electrons. The molecular formula is C18H23ClN2O2. The molecule has 0 aliphatic carbocycles. The van der Waals surface area contributed by atoms with Crippen LogP contribution >= 0.6 is 12.4 Å². The van der Waals surface area contributed by atoms with Gasteiger partial charge in [-0.1, -0.05) is 48.5 Å². The van der Waals surface area contributed by atoms with E-state index in [2.05, 4.69) is 5.32 Å². The molecule has 2 aromatic rings. The summed E-state index contributed by atoms with van der Waals surface area (Å²) < 4.78 is 5.74. The SMILES string of the molecule is CNCCN(C)C(=O)COc1ccccc1-c1ccccc1.Cl. The van der Waals surface area contributed by atoms with E-state index in [9.17, 15) is 4.79 Å². The minimum Gasteiger partial charge on any atom is -0.483 e. The topological polar surface area (TPSA) is 41.6 Å². The number of hydrogen-bond donors (Lipinski definition) is 1. The largest absolute Gasteiger partial charge is 0.483 e. The molecule has 0 spiro atoms. The molecule has 0 radical (unpaired) electrons. The Morgan fingerprint density at radius 2 is 1.74 bits per heavy atom. The van der Waals surface area contributed by atoms with Crippen LogP contribution in [0.1, 0.15) is 0 Å². The summed E-state index contributed by atoms with van der Waals surface area (Å²) in [5.74, 6) is 0.696. The highest BCUT2D eigenvalue weighted by atomic mass is 35.5. The van der Waals surface area contributed by atoms with E-state index in [-0.39, 0.29) is 24.9 Å².